The Kier molecular flexibility index (Phi) is 5.73. The molecule has 7 heteroatoms. The monoisotopic (exact) mass is 335 g/mol. The number of urea groups is 1. The minimum absolute atomic E-state index is 0.212. The van der Waals surface area contributed by atoms with Gasteiger partial charge in [0.2, 0.25) is 0 Å². The van der Waals surface area contributed by atoms with Crippen LogP contribution in [0.4, 0.5) is 4.79 Å². The van der Waals surface area contributed by atoms with E-state index in [4.69, 9.17) is 4.74 Å². The van der Waals surface area contributed by atoms with Crippen LogP contribution in [0.3, 0.4) is 0 Å². The van der Waals surface area contributed by atoms with Crippen molar-refractivity contribution in [3.63, 3.8) is 0 Å². The Morgan fingerprint density at radius 2 is 1.83 bits per heavy atom. The molecule has 0 radical (unpaired) electrons. The molecule has 0 atom stereocenters. The summed E-state index contributed by atoms with van der Waals surface area (Å²) in [5.74, 6) is 1.58. The minimum Gasteiger partial charge on any atom is -0.383 e. The summed E-state index contributed by atoms with van der Waals surface area (Å²) in [6, 6.07) is 0.212. The van der Waals surface area contributed by atoms with E-state index >= 15 is 0 Å². The first kappa shape index (κ1) is 17.2. The van der Waals surface area contributed by atoms with E-state index in [1.807, 2.05) is 22.2 Å². The fourth-order valence-corrected chi connectivity index (χ4v) is 3.59. The molecular weight excluding hydrogens is 306 g/mol. The number of piperidine rings is 1. The second-order valence-corrected chi connectivity index (χ2v) is 6.81. The maximum absolute atomic E-state index is 12.7. The molecule has 0 aliphatic carbocycles. The van der Waals surface area contributed by atoms with Gasteiger partial charge in [-0.15, -0.1) is 0 Å². The molecule has 1 aromatic heterocycles. The van der Waals surface area contributed by atoms with Crippen molar-refractivity contribution in [3.8, 4) is 0 Å². The third-order valence-electron chi connectivity index (χ3n) is 5.19. The third-order valence-corrected chi connectivity index (χ3v) is 5.19. The van der Waals surface area contributed by atoms with Gasteiger partial charge in [0.15, 0.2) is 0 Å². The Morgan fingerprint density at radius 3 is 2.50 bits per heavy atom. The zero-order chi connectivity index (χ0) is 16.9. The van der Waals surface area contributed by atoms with Crippen molar-refractivity contribution in [2.45, 2.75) is 25.3 Å². The number of carbonyl (C=O) groups is 1. The Labute approximate surface area is 144 Å². The molecule has 3 heterocycles. The van der Waals surface area contributed by atoms with E-state index in [1.54, 1.807) is 7.11 Å². The van der Waals surface area contributed by atoms with Crippen molar-refractivity contribution < 1.29 is 9.53 Å². The van der Waals surface area contributed by atoms with Crippen LogP contribution in [0, 0.1) is 0 Å². The van der Waals surface area contributed by atoms with Gasteiger partial charge in [0, 0.05) is 71.2 Å². The van der Waals surface area contributed by atoms with Gasteiger partial charge in [-0.25, -0.2) is 9.78 Å². The highest BCUT2D eigenvalue weighted by Crippen LogP contribution is 2.27. The number of likely N-dealkylation sites (tertiary alicyclic amines) is 1. The Morgan fingerprint density at radius 1 is 1.17 bits per heavy atom. The SMILES string of the molecule is COCCn1ccnc1C1CCN(C(=O)N2CCN(C)CC2)CC1. The number of aromatic nitrogens is 2. The molecule has 24 heavy (non-hydrogen) atoms. The van der Waals surface area contributed by atoms with Gasteiger partial charge in [0.05, 0.1) is 6.61 Å². The molecule has 0 saturated carbocycles. The summed E-state index contributed by atoms with van der Waals surface area (Å²) >= 11 is 0. The summed E-state index contributed by atoms with van der Waals surface area (Å²) in [4.78, 5) is 23.5. The quantitative estimate of drug-likeness (QED) is 0.826. The largest absolute Gasteiger partial charge is 0.383 e. The normalized spacial score (nSPS) is 20.6. The van der Waals surface area contributed by atoms with Gasteiger partial charge in [-0.05, 0) is 19.9 Å². The van der Waals surface area contributed by atoms with Crippen LogP contribution in [0.5, 0.6) is 0 Å². The number of carbonyl (C=O) groups excluding carboxylic acids is 1. The molecule has 0 unspecified atom stereocenters. The molecule has 2 aliphatic heterocycles. The van der Waals surface area contributed by atoms with Gasteiger partial charge < -0.3 is 24.0 Å². The van der Waals surface area contributed by atoms with Crippen molar-refractivity contribution in [2.75, 3.05) is 60.0 Å². The first-order valence-electron chi connectivity index (χ1n) is 8.91. The molecule has 3 rings (SSSR count). The molecular formula is C17H29N5O2. The highest BCUT2D eigenvalue weighted by Gasteiger charge is 2.29. The number of rotatable bonds is 4. The van der Waals surface area contributed by atoms with Gasteiger partial charge >= 0.3 is 6.03 Å². The highest BCUT2D eigenvalue weighted by molar-refractivity contribution is 5.74. The lowest BCUT2D eigenvalue weighted by molar-refractivity contribution is 0.113. The molecule has 2 amide bonds. The van der Waals surface area contributed by atoms with E-state index in [0.29, 0.717) is 12.5 Å². The molecule has 7 nitrogen and oxygen atoms in total. The molecule has 0 N–H and O–H groups in total. The lowest BCUT2D eigenvalue weighted by atomic mass is 9.96. The molecule has 2 fully saturated rings. The summed E-state index contributed by atoms with van der Waals surface area (Å²) in [5, 5.41) is 0. The van der Waals surface area contributed by atoms with Crippen LogP contribution < -0.4 is 0 Å². The Balaban J connectivity index is 1.52. The zero-order valence-electron chi connectivity index (χ0n) is 14.9. The minimum atomic E-state index is 0.212. The molecule has 134 valence electrons. The van der Waals surface area contributed by atoms with Gasteiger partial charge in [0.25, 0.3) is 0 Å². The van der Waals surface area contributed by atoms with E-state index < -0.39 is 0 Å². The zero-order valence-corrected chi connectivity index (χ0v) is 14.9. The summed E-state index contributed by atoms with van der Waals surface area (Å²) < 4.78 is 7.36. The molecule has 0 bridgehead atoms. The maximum Gasteiger partial charge on any atom is 0.320 e. The number of amides is 2. The highest BCUT2D eigenvalue weighted by atomic mass is 16.5. The number of likely N-dealkylation sites (N-methyl/N-ethyl adjacent to an activating group) is 1. The molecule has 2 aliphatic rings. The fourth-order valence-electron chi connectivity index (χ4n) is 3.59. The second kappa shape index (κ2) is 7.98. The predicted octanol–water partition coefficient (Wildman–Crippen LogP) is 1.08. The van der Waals surface area contributed by atoms with Gasteiger partial charge in [-0.1, -0.05) is 0 Å². The van der Waals surface area contributed by atoms with Crippen LogP contribution in [-0.2, 0) is 11.3 Å². The van der Waals surface area contributed by atoms with Crippen molar-refractivity contribution >= 4 is 6.03 Å². The van der Waals surface area contributed by atoms with Crippen molar-refractivity contribution in [1.29, 1.82) is 0 Å². The van der Waals surface area contributed by atoms with Crippen LogP contribution >= 0.6 is 0 Å². The topological polar surface area (TPSA) is 53.8 Å². The molecule has 0 spiro atoms. The summed E-state index contributed by atoms with van der Waals surface area (Å²) in [5.41, 5.74) is 0. The number of hydrogen-bond acceptors (Lipinski definition) is 4. The Bertz CT molecular complexity index is 531. The van der Waals surface area contributed by atoms with Gasteiger partial charge in [-0.3, -0.25) is 0 Å². The van der Waals surface area contributed by atoms with Crippen molar-refractivity contribution in [2.24, 2.45) is 0 Å². The van der Waals surface area contributed by atoms with Crippen molar-refractivity contribution in [1.82, 2.24) is 24.3 Å². The molecule has 2 saturated heterocycles. The van der Waals surface area contributed by atoms with Crippen LogP contribution in [0.25, 0.3) is 0 Å². The number of methoxy groups -OCH3 is 1. The van der Waals surface area contributed by atoms with E-state index in [9.17, 15) is 4.79 Å². The third kappa shape index (κ3) is 3.89. The van der Waals surface area contributed by atoms with Gasteiger partial charge in [0.1, 0.15) is 5.82 Å². The number of nitrogens with zero attached hydrogens (tertiary/aromatic N) is 5. The first-order chi connectivity index (χ1) is 11.7. The molecule has 1 aromatic rings. The summed E-state index contributed by atoms with van der Waals surface area (Å²) in [7, 11) is 3.83. The van der Waals surface area contributed by atoms with Crippen LogP contribution in [-0.4, -0.2) is 90.3 Å². The second-order valence-electron chi connectivity index (χ2n) is 6.81. The van der Waals surface area contributed by atoms with E-state index in [2.05, 4.69) is 21.5 Å². The number of imidazole rings is 1. The lowest BCUT2D eigenvalue weighted by Gasteiger charge is -2.38. The average Bonchev–Trinajstić information content (AvgIpc) is 3.08. The van der Waals surface area contributed by atoms with E-state index in [1.165, 1.54) is 0 Å². The van der Waals surface area contributed by atoms with Gasteiger partial charge in [-0.2, -0.15) is 0 Å². The smallest absolute Gasteiger partial charge is 0.320 e. The number of hydrogen-bond donors (Lipinski definition) is 0. The van der Waals surface area contributed by atoms with Crippen LogP contribution in [0.1, 0.15) is 24.6 Å². The standard InChI is InChI=1S/C17H29N5O2/c1-19-9-11-22(12-10-19)17(23)21-6-3-15(4-7-21)16-18-5-8-20(16)13-14-24-2/h5,8,15H,3-4,6-7,9-14H2,1-2H3. The number of piperazine rings is 1. The summed E-state index contributed by atoms with van der Waals surface area (Å²) in [6.07, 6.45) is 5.87. The predicted molar refractivity (Wildman–Crippen MR) is 92.1 cm³/mol. The summed E-state index contributed by atoms with van der Waals surface area (Å²) in [6.45, 7) is 6.82. The van der Waals surface area contributed by atoms with Crippen molar-refractivity contribution in [3.05, 3.63) is 18.2 Å². The first-order valence-corrected chi connectivity index (χ1v) is 8.91. The lowest BCUT2D eigenvalue weighted by Crippen LogP contribution is -2.53. The fraction of sp³-hybridized carbons (Fsp3) is 0.765. The number of ether oxygens (including phenoxy) is 1. The van der Waals surface area contributed by atoms with Crippen LogP contribution in [0.15, 0.2) is 12.4 Å². The van der Waals surface area contributed by atoms with E-state index in [0.717, 1.165) is 64.5 Å². The van der Waals surface area contributed by atoms with Crippen LogP contribution in [0.2, 0.25) is 0 Å². The molecule has 0 aromatic carbocycles. The maximum atomic E-state index is 12.7. The average molecular weight is 335 g/mol. The Hall–Kier alpha value is -1.60. The van der Waals surface area contributed by atoms with E-state index in [-0.39, 0.29) is 6.03 Å².